The van der Waals surface area contributed by atoms with E-state index in [0.29, 0.717) is 38.3 Å². The second-order valence-corrected chi connectivity index (χ2v) is 11.3. The van der Waals surface area contributed by atoms with Crippen molar-refractivity contribution in [3.05, 3.63) is 30.3 Å². The Kier molecular flexibility index (Phi) is 9.46. The molecule has 2 saturated heterocycles. The van der Waals surface area contributed by atoms with Crippen molar-refractivity contribution in [1.29, 1.82) is 0 Å². The van der Waals surface area contributed by atoms with Crippen molar-refractivity contribution in [1.82, 2.24) is 15.5 Å². The number of benzene rings is 1. The first-order valence-corrected chi connectivity index (χ1v) is 13.7. The van der Waals surface area contributed by atoms with E-state index < -0.39 is 33.4 Å². The first-order chi connectivity index (χ1) is 16.3. The molecule has 188 valence electrons. The van der Waals surface area contributed by atoms with E-state index >= 15 is 0 Å². The number of nitrogens with zero attached hydrogens (tertiary/aromatic N) is 1. The van der Waals surface area contributed by atoms with Crippen molar-refractivity contribution in [2.45, 2.75) is 43.4 Å². The number of likely N-dealkylation sites (tertiary alicyclic amines) is 1. The van der Waals surface area contributed by atoms with Crippen LogP contribution in [0.25, 0.3) is 0 Å². The second kappa shape index (κ2) is 12.3. The molecule has 2 aliphatic rings. The lowest BCUT2D eigenvalue weighted by molar-refractivity contribution is -0.141. The maximum Gasteiger partial charge on any atom is 0.309 e. The molecule has 1 aromatic carbocycles. The molecule has 2 heterocycles. The summed E-state index contributed by atoms with van der Waals surface area (Å²) >= 11 is 0. The molecule has 0 saturated carbocycles. The van der Waals surface area contributed by atoms with Crippen LogP contribution in [0.1, 0.15) is 38.5 Å². The number of aliphatic carboxylic acids is 1. The molecule has 3 rings (SSSR count). The molecule has 0 spiro atoms. The summed E-state index contributed by atoms with van der Waals surface area (Å²) in [6, 6.07) is 7.68. The van der Waals surface area contributed by atoms with E-state index in [2.05, 4.69) is 10.6 Å². The van der Waals surface area contributed by atoms with Gasteiger partial charge in [0.25, 0.3) is 0 Å². The summed E-state index contributed by atoms with van der Waals surface area (Å²) in [7, 11) is -3.80. The fraction of sp³-hybridized carbons (Fsp3) is 0.625. The van der Waals surface area contributed by atoms with Crippen molar-refractivity contribution in [3.63, 3.8) is 0 Å². The van der Waals surface area contributed by atoms with Crippen molar-refractivity contribution in [2.24, 2.45) is 17.8 Å². The van der Waals surface area contributed by atoms with Gasteiger partial charge in [0, 0.05) is 26.1 Å². The molecule has 0 aromatic heterocycles. The van der Waals surface area contributed by atoms with Crippen LogP contribution < -0.4 is 10.6 Å². The monoisotopic (exact) mass is 493 g/mol. The fourth-order valence-corrected chi connectivity index (χ4v) is 6.20. The molecule has 0 unspecified atom stereocenters. The Morgan fingerprint density at radius 3 is 2.50 bits per heavy atom. The Hall–Kier alpha value is -2.46. The van der Waals surface area contributed by atoms with E-state index in [1.807, 2.05) is 0 Å². The predicted molar refractivity (Wildman–Crippen MR) is 127 cm³/mol. The topological polar surface area (TPSA) is 133 Å². The number of carbonyl (C=O) groups is 3. The summed E-state index contributed by atoms with van der Waals surface area (Å²) in [6.45, 7) is 2.66. The average Bonchev–Trinajstić information content (AvgIpc) is 2.86. The minimum absolute atomic E-state index is 0.0542. The summed E-state index contributed by atoms with van der Waals surface area (Å²) in [5.41, 5.74) is 0. The first-order valence-electron chi connectivity index (χ1n) is 12.0. The smallest absolute Gasteiger partial charge is 0.309 e. The van der Waals surface area contributed by atoms with Gasteiger partial charge in [-0.25, -0.2) is 8.42 Å². The third-order valence-electron chi connectivity index (χ3n) is 6.76. The molecule has 0 aliphatic carbocycles. The van der Waals surface area contributed by atoms with Gasteiger partial charge in [-0.3, -0.25) is 14.4 Å². The molecule has 2 fully saturated rings. The lowest BCUT2D eigenvalue weighted by Crippen LogP contribution is -2.47. The van der Waals surface area contributed by atoms with E-state index in [-0.39, 0.29) is 23.3 Å². The normalized spacial score (nSPS) is 20.5. The van der Waals surface area contributed by atoms with Gasteiger partial charge >= 0.3 is 5.97 Å². The third kappa shape index (κ3) is 7.53. The maximum atomic E-state index is 12.7. The van der Waals surface area contributed by atoms with E-state index in [1.165, 1.54) is 12.1 Å². The van der Waals surface area contributed by atoms with Crippen LogP contribution in [0.3, 0.4) is 0 Å². The van der Waals surface area contributed by atoms with E-state index in [0.717, 1.165) is 32.4 Å². The zero-order chi connectivity index (χ0) is 24.6. The number of nitrogens with one attached hydrogen (secondary N) is 2. The van der Waals surface area contributed by atoms with Crippen LogP contribution in [0.15, 0.2) is 35.2 Å². The number of carbonyl (C=O) groups excluding carboxylic acids is 2. The number of carboxylic acids is 1. The summed E-state index contributed by atoms with van der Waals surface area (Å²) in [4.78, 5) is 38.9. The standard InChI is InChI=1S/C24H35N3O6S/c28-22(9-8-18-10-12-25-13-11-18)27-14-4-5-19(16-27)23(29)26-15-20(24(30)31)17-34(32,33)21-6-2-1-3-7-21/h1-3,6-7,18-20,25H,4-5,8-17H2,(H,26,29)(H,30,31)/t19-,20-/m1/s1. The van der Waals surface area contributed by atoms with Crippen LogP contribution in [0.4, 0.5) is 0 Å². The van der Waals surface area contributed by atoms with Crippen molar-refractivity contribution in [2.75, 3.05) is 38.5 Å². The summed E-state index contributed by atoms with van der Waals surface area (Å²) < 4.78 is 25.1. The number of hydrogen-bond donors (Lipinski definition) is 3. The third-order valence-corrected chi connectivity index (χ3v) is 8.60. The maximum absolute atomic E-state index is 12.7. The van der Waals surface area contributed by atoms with E-state index in [4.69, 9.17) is 0 Å². The van der Waals surface area contributed by atoms with Crippen molar-refractivity contribution in [3.8, 4) is 0 Å². The molecular formula is C24H35N3O6S. The first kappa shape index (κ1) is 26.2. The van der Waals surface area contributed by atoms with Crippen molar-refractivity contribution < 1.29 is 27.9 Å². The predicted octanol–water partition coefficient (Wildman–Crippen LogP) is 1.30. The second-order valence-electron chi connectivity index (χ2n) is 9.29. The molecule has 1 aromatic rings. The van der Waals surface area contributed by atoms with Gasteiger partial charge in [0.2, 0.25) is 11.8 Å². The SMILES string of the molecule is O=C(O)[C@H](CNC(=O)[C@@H]1CCCN(C(=O)CCC2CCNCC2)C1)CS(=O)(=O)c1ccccc1. The van der Waals surface area contributed by atoms with Gasteiger partial charge in [0.1, 0.15) is 0 Å². The minimum atomic E-state index is -3.80. The number of amides is 2. The number of piperidine rings is 2. The van der Waals surface area contributed by atoms with E-state index in [1.54, 1.807) is 23.1 Å². The molecule has 2 amide bonds. The van der Waals surface area contributed by atoms with Gasteiger partial charge < -0.3 is 20.6 Å². The van der Waals surface area contributed by atoms with Gasteiger partial charge in [0.05, 0.1) is 22.5 Å². The van der Waals surface area contributed by atoms with Crippen molar-refractivity contribution >= 4 is 27.6 Å². The van der Waals surface area contributed by atoms with Gasteiger partial charge in [-0.15, -0.1) is 0 Å². The van der Waals surface area contributed by atoms with Gasteiger partial charge in [0.15, 0.2) is 9.84 Å². The Bertz CT molecular complexity index is 947. The Labute approximate surface area is 201 Å². The van der Waals surface area contributed by atoms with Crippen LogP contribution >= 0.6 is 0 Å². The molecule has 0 bridgehead atoms. The quantitative estimate of drug-likeness (QED) is 0.447. The molecule has 3 N–H and O–H groups in total. The van der Waals surface area contributed by atoms with Gasteiger partial charge in [-0.05, 0) is 63.2 Å². The zero-order valence-electron chi connectivity index (χ0n) is 19.4. The molecule has 34 heavy (non-hydrogen) atoms. The number of sulfone groups is 1. The fourth-order valence-electron chi connectivity index (χ4n) is 4.65. The van der Waals surface area contributed by atoms with Crippen LogP contribution in [0.5, 0.6) is 0 Å². The lowest BCUT2D eigenvalue weighted by Gasteiger charge is -2.33. The highest BCUT2D eigenvalue weighted by Gasteiger charge is 2.31. The summed E-state index contributed by atoms with van der Waals surface area (Å²) in [5, 5.41) is 15.5. The molecular weight excluding hydrogens is 458 g/mol. The lowest BCUT2D eigenvalue weighted by atomic mass is 9.92. The number of carboxylic acid groups (broad SMARTS) is 1. The summed E-state index contributed by atoms with van der Waals surface area (Å²) in [5.74, 6) is -3.27. The molecule has 9 nitrogen and oxygen atoms in total. The number of rotatable bonds is 10. The van der Waals surface area contributed by atoms with Gasteiger partial charge in [-0.2, -0.15) is 0 Å². The Morgan fingerprint density at radius 2 is 1.82 bits per heavy atom. The number of hydrogen-bond acceptors (Lipinski definition) is 6. The molecule has 2 aliphatic heterocycles. The summed E-state index contributed by atoms with van der Waals surface area (Å²) in [6.07, 6.45) is 4.85. The Balaban J connectivity index is 1.49. The van der Waals surface area contributed by atoms with E-state index in [9.17, 15) is 27.9 Å². The minimum Gasteiger partial charge on any atom is -0.481 e. The Morgan fingerprint density at radius 1 is 1.12 bits per heavy atom. The average molecular weight is 494 g/mol. The van der Waals surface area contributed by atoms with Crippen LogP contribution in [0.2, 0.25) is 0 Å². The highest BCUT2D eigenvalue weighted by Crippen LogP contribution is 2.22. The highest BCUT2D eigenvalue weighted by molar-refractivity contribution is 7.91. The van der Waals surface area contributed by atoms with Gasteiger partial charge in [-0.1, -0.05) is 18.2 Å². The molecule has 0 radical (unpaired) electrons. The molecule has 10 heteroatoms. The molecule has 2 atom stereocenters. The zero-order valence-corrected chi connectivity index (χ0v) is 20.3. The van der Waals surface area contributed by atoms with Crippen LogP contribution in [-0.4, -0.2) is 74.7 Å². The largest absolute Gasteiger partial charge is 0.481 e. The van der Waals surface area contributed by atoms with Crippen LogP contribution in [0, 0.1) is 17.8 Å². The van der Waals surface area contributed by atoms with Crippen LogP contribution in [-0.2, 0) is 24.2 Å². The highest BCUT2D eigenvalue weighted by atomic mass is 32.2.